The zero-order valence-electron chi connectivity index (χ0n) is 9.75. The van der Waals surface area contributed by atoms with Crippen molar-refractivity contribution in [1.29, 1.82) is 0 Å². The Labute approximate surface area is 95.8 Å². The van der Waals surface area contributed by atoms with Gasteiger partial charge in [0.05, 0.1) is 18.8 Å². The summed E-state index contributed by atoms with van der Waals surface area (Å²) in [5.74, 6) is 0.666. The number of hydrogen-bond acceptors (Lipinski definition) is 4. The number of carbonyl (C=O) groups is 1. The SMILES string of the molecule is CCNCC(=O)c1ccc(OCC)c(N)c1. The molecule has 88 valence electrons. The summed E-state index contributed by atoms with van der Waals surface area (Å²) in [6.45, 7) is 5.53. The molecule has 0 aliphatic rings. The van der Waals surface area contributed by atoms with Crippen molar-refractivity contribution in [2.45, 2.75) is 13.8 Å². The second kappa shape index (κ2) is 6.12. The number of anilines is 1. The van der Waals surface area contributed by atoms with E-state index in [0.717, 1.165) is 6.54 Å². The highest BCUT2D eigenvalue weighted by Gasteiger charge is 2.07. The number of benzene rings is 1. The standard InChI is InChI=1S/C12H18N2O2/c1-3-14-8-11(15)9-5-6-12(16-4-2)10(13)7-9/h5-7,14H,3-4,8,13H2,1-2H3. The molecule has 0 bridgehead atoms. The van der Waals surface area contributed by atoms with Gasteiger partial charge in [-0.3, -0.25) is 4.79 Å². The van der Waals surface area contributed by atoms with Crippen LogP contribution in [0.5, 0.6) is 5.75 Å². The summed E-state index contributed by atoms with van der Waals surface area (Å²) in [5, 5.41) is 2.98. The fourth-order valence-corrected chi connectivity index (χ4v) is 1.35. The normalized spacial score (nSPS) is 10.1. The third-order valence-corrected chi connectivity index (χ3v) is 2.17. The maximum absolute atomic E-state index is 11.7. The van der Waals surface area contributed by atoms with Crippen molar-refractivity contribution in [1.82, 2.24) is 5.32 Å². The van der Waals surface area contributed by atoms with Crippen LogP contribution in [0.15, 0.2) is 18.2 Å². The minimum absolute atomic E-state index is 0.0385. The molecular weight excluding hydrogens is 204 g/mol. The van der Waals surface area contributed by atoms with Crippen molar-refractivity contribution in [2.24, 2.45) is 0 Å². The Kier molecular flexibility index (Phi) is 4.79. The minimum Gasteiger partial charge on any atom is -0.492 e. The number of ketones is 1. The van der Waals surface area contributed by atoms with Gasteiger partial charge in [0.25, 0.3) is 0 Å². The van der Waals surface area contributed by atoms with Crippen LogP contribution in [-0.4, -0.2) is 25.5 Å². The van der Waals surface area contributed by atoms with Gasteiger partial charge in [0, 0.05) is 5.56 Å². The number of carbonyl (C=O) groups excluding carboxylic acids is 1. The van der Waals surface area contributed by atoms with Crippen LogP contribution in [0.4, 0.5) is 5.69 Å². The van der Waals surface area contributed by atoms with Crippen molar-refractivity contribution in [3.8, 4) is 5.75 Å². The second-order valence-electron chi connectivity index (χ2n) is 3.39. The third kappa shape index (κ3) is 3.24. The third-order valence-electron chi connectivity index (χ3n) is 2.17. The minimum atomic E-state index is 0.0385. The average molecular weight is 222 g/mol. The molecule has 0 saturated heterocycles. The Morgan fingerprint density at radius 1 is 1.44 bits per heavy atom. The van der Waals surface area contributed by atoms with Crippen LogP contribution in [0.25, 0.3) is 0 Å². The van der Waals surface area contributed by atoms with Crippen molar-refractivity contribution in [3.63, 3.8) is 0 Å². The quantitative estimate of drug-likeness (QED) is 0.565. The highest BCUT2D eigenvalue weighted by Crippen LogP contribution is 2.22. The monoisotopic (exact) mass is 222 g/mol. The molecule has 1 rings (SSSR count). The Morgan fingerprint density at radius 2 is 2.19 bits per heavy atom. The summed E-state index contributed by atoms with van der Waals surface area (Å²) in [4.78, 5) is 11.7. The molecule has 4 heteroatoms. The largest absolute Gasteiger partial charge is 0.492 e. The number of Topliss-reactive ketones (excluding diaryl/α,β-unsaturated/α-hetero) is 1. The van der Waals surface area contributed by atoms with Gasteiger partial charge in [-0.15, -0.1) is 0 Å². The van der Waals surface area contributed by atoms with E-state index >= 15 is 0 Å². The van der Waals surface area contributed by atoms with Crippen molar-refractivity contribution < 1.29 is 9.53 Å². The molecule has 4 nitrogen and oxygen atoms in total. The zero-order valence-corrected chi connectivity index (χ0v) is 9.75. The van der Waals surface area contributed by atoms with Gasteiger partial charge < -0.3 is 15.8 Å². The Bertz CT molecular complexity index is 364. The topological polar surface area (TPSA) is 64.3 Å². The number of nitrogens with two attached hydrogens (primary N) is 1. The zero-order chi connectivity index (χ0) is 12.0. The van der Waals surface area contributed by atoms with Crippen LogP contribution in [-0.2, 0) is 0 Å². The first-order valence-corrected chi connectivity index (χ1v) is 5.45. The van der Waals surface area contributed by atoms with Gasteiger partial charge in [0.15, 0.2) is 5.78 Å². The van der Waals surface area contributed by atoms with Crippen LogP contribution in [0.1, 0.15) is 24.2 Å². The number of likely N-dealkylation sites (N-methyl/N-ethyl adjacent to an activating group) is 1. The van der Waals surface area contributed by atoms with Gasteiger partial charge in [0.2, 0.25) is 0 Å². The van der Waals surface area contributed by atoms with Crippen LogP contribution in [0.2, 0.25) is 0 Å². The predicted molar refractivity (Wildman–Crippen MR) is 64.9 cm³/mol. The Balaban J connectivity index is 2.76. The second-order valence-corrected chi connectivity index (χ2v) is 3.39. The molecule has 0 saturated carbocycles. The van der Waals surface area contributed by atoms with E-state index in [0.29, 0.717) is 30.2 Å². The van der Waals surface area contributed by atoms with Crippen LogP contribution in [0, 0.1) is 0 Å². The van der Waals surface area contributed by atoms with E-state index in [1.54, 1.807) is 18.2 Å². The first-order chi connectivity index (χ1) is 7.69. The molecule has 0 fully saturated rings. The first kappa shape index (κ1) is 12.5. The van der Waals surface area contributed by atoms with Crippen LogP contribution >= 0.6 is 0 Å². The molecule has 0 radical (unpaired) electrons. The summed E-state index contributed by atoms with van der Waals surface area (Å²) in [5.41, 5.74) is 6.89. The van der Waals surface area contributed by atoms with E-state index in [-0.39, 0.29) is 5.78 Å². The van der Waals surface area contributed by atoms with Gasteiger partial charge in [-0.1, -0.05) is 6.92 Å². The number of rotatable bonds is 6. The predicted octanol–water partition coefficient (Wildman–Crippen LogP) is 1.46. The molecular formula is C12H18N2O2. The van der Waals surface area contributed by atoms with Gasteiger partial charge in [-0.05, 0) is 31.7 Å². The van der Waals surface area contributed by atoms with Crippen LogP contribution in [0.3, 0.4) is 0 Å². The lowest BCUT2D eigenvalue weighted by atomic mass is 10.1. The molecule has 16 heavy (non-hydrogen) atoms. The number of nitrogens with one attached hydrogen (secondary N) is 1. The van der Waals surface area contributed by atoms with Gasteiger partial charge in [-0.25, -0.2) is 0 Å². The van der Waals surface area contributed by atoms with Crippen molar-refractivity contribution in [2.75, 3.05) is 25.4 Å². The van der Waals surface area contributed by atoms with E-state index in [1.807, 2.05) is 13.8 Å². The summed E-state index contributed by atoms with van der Waals surface area (Å²) in [7, 11) is 0. The maximum Gasteiger partial charge on any atom is 0.176 e. The average Bonchev–Trinajstić information content (AvgIpc) is 2.29. The van der Waals surface area contributed by atoms with E-state index in [4.69, 9.17) is 10.5 Å². The van der Waals surface area contributed by atoms with E-state index < -0.39 is 0 Å². The Morgan fingerprint density at radius 3 is 2.75 bits per heavy atom. The molecule has 1 aromatic rings. The molecule has 0 heterocycles. The molecule has 0 amide bonds. The molecule has 0 spiro atoms. The van der Waals surface area contributed by atoms with E-state index in [2.05, 4.69) is 5.32 Å². The fourth-order valence-electron chi connectivity index (χ4n) is 1.35. The fraction of sp³-hybridized carbons (Fsp3) is 0.417. The van der Waals surface area contributed by atoms with Crippen LogP contribution < -0.4 is 15.8 Å². The first-order valence-electron chi connectivity index (χ1n) is 5.45. The summed E-state index contributed by atoms with van der Waals surface area (Å²) in [6.07, 6.45) is 0. The van der Waals surface area contributed by atoms with E-state index in [9.17, 15) is 4.79 Å². The number of nitrogen functional groups attached to an aromatic ring is 1. The summed E-state index contributed by atoms with van der Waals surface area (Å²) >= 11 is 0. The smallest absolute Gasteiger partial charge is 0.176 e. The van der Waals surface area contributed by atoms with Crippen molar-refractivity contribution in [3.05, 3.63) is 23.8 Å². The highest BCUT2D eigenvalue weighted by molar-refractivity contribution is 5.98. The molecule has 0 aliphatic carbocycles. The Hall–Kier alpha value is -1.55. The van der Waals surface area contributed by atoms with Gasteiger partial charge >= 0.3 is 0 Å². The number of ether oxygens (including phenoxy) is 1. The molecule has 3 N–H and O–H groups in total. The summed E-state index contributed by atoms with van der Waals surface area (Å²) in [6, 6.07) is 5.13. The highest BCUT2D eigenvalue weighted by atomic mass is 16.5. The lowest BCUT2D eigenvalue weighted by Gasteiger charge is -2.08. The van der Waals surface area contributed by atoms with Gasteiger partial charge in [-0.2, -0.15) is 0 Å². The molecule has 0 atom stereocenters. The molecule has 0 unspecified atom stereocenters. The number of hydrogen-bond donors (Lipinski definition) is 2. The molecule has 0 aromatic heterocycles. The van der Waals surface area contributed by atoms with Gasteiger partial charge in [0.1, 0.15) is 5.75 Å². The lowest BCUT2D eigenvalue weighted by molar-refractivity contribution is 0.0992. The maximum atomic E-state index is 11.7. The lowest BCUT2D eigenvalue weighted by Crippen LogP contribution is -2.22. The molecule has 1 aromatic carbocycles. The van der Waals surface area contributed by atoms with E-state index in [1.165, 1.54) is 0 Å². The molecule has 0 aliphatic heterocycles. The summed E-state index contributed by atoms with van der Waals surface area (Å²) < 4.78 is 5.30. The van der Waals surface area contributed by atoms with Crippen molar-refractivity contribution >= 4 is 11.5 Å².